The van der Waals surface area contributed by atoms with Gasteiger partial charge in [0, 0.05) is 16.1 Å². The Balaban J connectivity index is 2.01. The summed E-state index contributed by atoms with van der Waals surface area (Å²) in [4.78, 5) is 0. The highest BCUT2D eigenvalue weighted by molar-refractivity contribution is 7.71. The van der Waals surface area contributed by atoms with E-state index in [1.807, 2.05) is 12.1 Å². The zero-order valence-electron chi connectivity index (χ0n) is 11.2. The number of rotatable bonds is 3. The van der Waals surface area contributed by atoms with Gasteiger partial charge < -0.3 is 0 Å². The SMILES string of the molecule is Fc1ccccc1/C=N\n1c(-c2ccc(Cl)cc2)n[nH]c1=S. The van der Waals surface area contributed by atoms with Gasteiger partial charge in [0.15, 0.2) is 5.82 Å². The molecule has 4 nitrogen and oxygen atoms in total. The van der Waals surface area contributed by atoms with Gasteiger partial charge >= 0.3 is 0 Å². The summed E-state index contributed by atoms with van der Waals surface area (Å²) in [5.41, 5.74) is 1.16. The van der Waals surface area contributed by atoms with Crippen LogP contribution in [-0.4, -0.2) is 21.1 Å². The number of H-pyrrole nitrogens is 1. The number of halogens is 2. The Morgan fingerprint density at radius 1 is 1.18 bits per heavy atom. The van der Waals surface area contributed by atoms with Gasteiger partial charge in [0.2, 0.25) is 4.77 Å². The van der Waals surface area contributed by atoms with E-state index in [0.29, 0.717) is 21.2 Å². The molecule has 3 aromatic rings. The minimum absolute atomic E-state index is 0.317. The molecule has 0 radical (unpaired) electrons. The Kier molecular flexibility index (Phi) is 4.13. The number of benzene rings is 2. The molecule has 0 fully saturated rings. The van der Waals surface area contributed by atoms with Crippen molar-refractivity contribution in [3.8, 4) is 11.4 Å². The lowest BCUT2D eigenvalue weighted by Gasteiger charge is -2.01. The van der Waals surface area contributed by atoms with E-state index in [2.05, 4.69) is 15.3 Å². The molecule has 1 aromatic heterocycles. The number of nitrogens with zero attached hydrogens (tertiary/aromatic N) is 3. The zero-order valence-corrected chi connectivity index (χ0v) is 12.8. The lowest BCUT2D eigenvalue weighted by atomic mass is 10.2. The third-order valence-electron chi connectivity index (χ3n) is 2.97. The van der Waals surface area contributed by atoms with Crippen LogP contribution in [0.2, 0.25) is 5.02 Å². The molecule has 0 unspecified atom stereocenters. The molecule has 0 amide bonds. The van der Waals surface area contributed by atoms with E-state index in [4.69, 9.17) is 23.8 Å². The summed E-state index contributed by atoms with van der Waals surface area (Å²) >= 11 is 11.0. The second-order valence-corrected chi connectivity index (χ2v) is 5.26. The van der Waals surface area contributed by atoms with Crippen molar-refractivity contribution < 1.29 is 4.39 Å². The molecule has 7 heteroatoms. The van der Waals surface area contributed by atoms with Crippen LogP contribution in [0, 0.1) is 10.6 Å². The van der Waals surface area contributed by atoms with Crippen molar-refractivity contribution in [3.63, 3.8) is 0 Å². The first-order valence-electron chi connectivity index (χ1n) is 6.37. The fourth-order valence-electron chi connectivity index (χ4n) is 1.88. The molecular formula is C15H10ClFN4S. The number of hydrogen-bond donors (Lipinski definition) is 1. The van der Waals surface area contributed by atoms with Crippen LogP contribution in [0.5, 0.6) is 0 Å². The Morgan fingerprint density at radius 3 is 2.64 bits per heavy atom. The second kappa shape index (κ2) is 6.21. The number of hydrogen-bond acceptors (Lipinski definition) is 3. The summed E-state index contributed by atoms with van der Waals surface area (Å²) in [6.45, 7) is 0. The zero-order chi connectivity index (χ0) is 15.5. The average Bonchev–Trinajstić information content (AvgIpc) is 2.88. The lowest BCUT2D eigenvalue weighted by molar-refractivity contribution is 0.625. The van der Waals surface area contributed by atoms with Crippen LogP contribution in [0.15, 0.2) is 53.6 Å². The second-order valence-electron chi connectivity index (χ2n) is 4.44. The van der Waals surface area contributed by atoms with E-state index >= 15 is 0 Å². The smallest absolute Gasteiger partial charge is 0.216 e. The van der Waals surface area contributed by atoms with Crippen LogP contribution in [0.1, 0.15) is 5.56 Å². The maximum absolute atomic E-state index is 13.6. The van der Waals surface area contributed by atoms with Gasteiger partial charge in [-0.1, -0.05) is 29.8 Å². The lowest BCUT2D eigenvalue weighted by Crippen LogP contribution is -1.96. The van der Waals surface area contributed by atoms with Gasteiger partial charge in [-0.3, -0.25) is 0 Å². The molecule has 0 saturated carbocycles. The first-order chi connectivity index (χ1) is 10.6. The summed E-state index contributed by atoms with van der Waals surface area (Å²) < 4.78 is 15.4. The van der Waals surface area contributed by atoms with Gasteiger partial charge in [0.05, 0.1) is 6.21 Å². The van der Waals surface area contributed by atoms with Crippen molar-refractivity contribution in [2.24, 2.45) is 5.10 Å². The van der Waals surface area contributed by atoms with Gasteiger partial charge in [-0.2, -0.15) is 14.9 Å². The van der Waals surface area contributed by atoms with Crippen LogP contribution in [-0.2, 0) is 0 Å². The molecule has 0 spiro atoms. The Labute approximate surface area is 135 Å². The summed E-state index contributed by atoms with van der Waals surface area (Å²) in [5, 5.41) is 11.7. The van der Waals surface area contributed by atoms with Gasteiger partial charge in [-0.25, -0.2) is 9.49 Å². The third kappa shape index (κ3) is 2.98. The van der Waals surface area contributed by atoms with Crippen molar-refractivity contribution in [3.05, 3.63) is 69.7 Å². The first kappa shape index (κ1) is 14.6. The molecule has 0 aliphatic heterocycles. The largest absolute Gasteiger partial charge is 0.250 e. The average molecular weight is 333 g/mol. The molecule has 0 saturated heterocycles. The van der Waals surface area contributed by atoms with E-state index < -0.39 is 0 Å². The highest BCUT2D eigenvalue weighted by atomic mass is 35.5. The molecule has 0 bridgehead atoms. The highest BCUT2D eigenvalue weighted by Crippen LogP contribution is 2.19. The van der Waals surface area contributed by atoms with Gasteiger partial charge in [-0.05, 0) is 42.5 Å². The highest BCUT2D eigenvalue weighted by Gasteiger charge is 2.08. The fraction of sp³-hybridized carbons (Fsp3) is 0. The van der Waals surface area contributed by atoms with E-state index in [0.717, 1.165) is 5.56 Å². The Bertz CT molecular complexity index is 883. The summed E-state index contributed by atoms with van der Waals surface area (Å²) in [5.74, 6) is 0.170. The van der Waals surface area contributed by atoms with Crippen LogP contribution >= 0.6 is 23.8 Å². The third-order valence-corrected chi connectivity index (χ3v) is 3.49. The number of nitrogens with one attached hydrogen (secondary N) is 1. The maximum atomic E-state index is 13.6. The van der Waals surface area contributed by atoms with Crippen LogP contribution < -0.4 is 0 Å². The van der Waals surface area contributed by atoms with E-state index in [1.54, 1.807) is 30.3 Å². The molecule has 0 atom stereocenters. The van der Waals surface area contributed by atoms with Gasteiger partial charge in [0.25, 0.3) is 0 Å². The first-order valence-corrected chi connectivity index (χ1v) is 7.16. The molecule has 3 rings (SSSR count). The van der Waals surface area contributed by atoms with Crippen molar-refractivity contribution >= 4 is 30.0 Å². The van der Waals surface area contributed by atoms with E-state index in [1.165, 1.54) is 17.0 Å². The van der Waals surface area contributed by atoms with Crippen molar-refractivity contribution in [1.29, 1.82) is 0 Å². The van der Waals surface area contributed by atoms with Crippen LogP contribution in [0.25, 0.3) is 11.4 Å². The molecule has 2 aromatic carbocycles. The van der Waals surface area contributed by atoms with Crippen molar-refractivity contribution in [1.82, 2.24) is 14.9 Å². The fourth-order valence-corrected chi connectivity index (χ4v) is 2.19. The van der Waals surface area contributed by atoms with E-state index in [9.17, 15) is 4.39 Å². The van der Waals surface area contributed by atoms with E-state index in [-0.39, 0.29) is 5.82 Å². The Hall–Kier alpha value is -2.31. The molecular weight excluding hydrogens is 323 g/mol. The van der Waals surface area contributed by atoms with Gasteiger partial charge in [0.1, 0.15) is 5.82 Å². The number of aromatic amines is 1. The molecule has 1 N–H and O–H groups in total. The minimum atomic E-state index is -0.352. The van der Waals surface area contributed by atoms with Crippen molar-refractivity contribution in [2.45, 2.75) is 0 Å². The molecule has 0 aliphatic rings. The quantitative estimate of drug-likeness (QED) is 0.574. The van der Waals surface area contributed by atoms with Crippen molar-refractivity contribution in [2.75, 3.05) is 0 Å². The molecule has 0 aliphatic carbocycles. The standard InChI is InChI=1S/C15H10ClFN4S/c16-12-7-5-10(6-8-12)14-19-20-15(22)21(14)18-9-11-3-1-2-4-13(11)17/h1-9H,(H,20,22)/b18-9-. The molecule has 110 valence electrons. The predicted molar refractivity (Wildman–Crippen MR) is 87.2 cm³/mol. The minimum Gasteiger partial charge on any atom is -0.250 e. The predicted octanol–water partition coefficient (Wildman–Crippen LogP) is 4.28. The normalized spacial score (nSPS) is 11.2. The summed E-state index contributed by atoms with van der Waals surface area (Å²) in [7, 11) is 0. The maximum Gasteiger partial charge on any atom is 0.216 e. The molecule has 1 heterocycles. The van der Waals surface area contributed by atoms with Gasteiger partial charge in [-0.15, -0.1) is 0 Å². The Morgan fingerprint density at radius 2 is 1.91 bits per heavy atom. The number of aromatic nitrogens is 3. The topological polar surface area (TPSA) is 46.0 Å². The monoisotopic (exact) mass is 332 g/mol. The van der Waals surface area contributed by atoms with Crippen LogP contribution in [0.4, 0.5) is 4.39 Å². The summed E-state index contributed by atoms with van der Waals surface area (Å²) in [6, 6.07) is 13.5. The summed E-state index contributed by atoms with van der Waals surface area (Å²) in [6.07, 6.45) is 1.40. The van der Waals surface area contributed by atoms with Crippen LogP contribution in [0.3, 0.4) is 0 Å². The molecule has 22 heavy (non-hydrogen) atoms.